The summed E-state index contributed by atoms with van der Waals surface area (Å²) in [5.74, 6) is 0. The van der Waals surface area contributed by atoms with Crippen LogP contribution in [0.3, 0.4) is 0 Å². The quantitative estimate of drug-likeness (QED) is 0.181. The number of anilines is 3. The maximum Gasteiger partial charge on any atom is 0.417 e. The van der Waals surface area contributed by atoms with Gasteiger partial charge in [0.05, 0.1) is 21.8 Å². The number of urea groups is 1. The topological polar surface area (TPSA) is 107 Å². The molecule has 0 atom stereocenters. The molecule has 0 spiro atoms. The Kier molecular flexibility index (Phi) is 6.29. The summed E-state index contributed by atoms with van der Waals surface area (Å²) in [6.07, 6.45) is -4.13. The number of nitrogens with zero attached hydrogens (tertiary/aromatic N) is 2. The van der Waals surface area contributed by atoms with Gasteiger partial charge in [0.15, 0.2) is 0 Å². The number of benzene rings is 3. The molecule has 0 saturated heterocycles. The number of fused-ring (bicyclic) bond motifs is 1. The molecule has 0 radical (unpaired) electrons. The van der Waals surface area contributed by atoms with Crippen molar-refractivity contribution in [2.24, 2.45) is 0 Å². The normalized spacial score (nSPS) is 11.3. The van der Waals surface area contributed by atoms with E-state index in [9.17, 15) is 28.0 Å². The molecular formula is C23H16ClF3N4O4. The van der Waals surface area contributed by atoms with Crippen molar-refractivity contribution >= 4 is 51.7 Å². The summed E-state index contributed by atoms with van der Waals surface area (Å²) in [4.78, 5) is 23.2. The molecule has 0 fully saturated rings. The van der Waals surface area contributed by atoms with Crippen molar-refractivity contribution in [1.29, 1.82) is 0 Å². The van der Waals surface area contributed by atoms with Gasteiger partial charge in [-0.15, -0.1) is 0 Å². The van der Waals surface area contributed by atoms with E-state index in [0.29, 0.717) is 11.8 Å². The van der Waals surface area contributed by atoms with E-state index in [1.165, 1.54) is 0 Å². The van der Waals surface area contributed by atoms with Crippen molar-refractivity contribution in [2.75, 3.05) is 15.7 Å². The van der Waals surface area contributed by atoms with Gasteiger partial charge in [0.25, 0.3) is 0 Å². The average Bonchev–Trinajstić information content (AvgIpc) is 3.21. The first-order valence-corrected chi connectivity index (χ1v) is 10.3. The Balaban J connectivity index is 1.50. The fourth-order valence-corrected chi connectivity index (χ4v) is 3.65. The van der Waals surface area contributed by atoms with E-state index in [1.807, 2.05) is 10.6 Å². The lowest BCUT2D eigenvalue weighted by atomic mass is 10.2. The second kappa shape index (κ2) is 9.20. The lowest BCUT2D eigenvalue weighted by Gasteiger charge is -2.18. The van der Waals surface area contributed by atoms with E-state index in [4.69, 9.17) is 16.7 Å². The third kappa shape index (κ3) is 5.15. The molecule has 0 saturated carbocycles. The van der Waals surface area contributed by atoms with Crippen molar-refractivity contribution < 1.29 is 33.1 Å². The second-order valence-corrected chi connectivity index (χ2v) is 7.75. The summed E-state index contributed by atoms with van der Waals surface area (Å²) in [5.41, 5.74) is 0.654. The molecule has 180 valence electrons. The smallest absolute Gasteiger partial charge is 0.417 e. The van der Waals surface area contributed by atoms with Crippen LogP contribution >= 0.6 is 11.6 Å². The van der Waals surface area contributed by atoms with E-state index in [1.54, 1.807) is 48.7 Å². The minimum atomic E-state index is -4.75. The summed E-state index contributed by atoms with van der Waals surface area (Å²) in [6.45, 7) is 0. The van der Waals surface area contributed by atoms with Gasteiger partial charge in [0, 0.05) is 28.6 Å². The molecule has 0 bridgehead atoms. The monoisotopic (exact) mass is 504 g/mol. The largest absolute Gasteiger partial charge is 0.465 e. The Hall–Kier alpha value is -4.22. The van der Waals surface area contributed by atoms with Gasteiger partial charge in [0.1, 0.15) is 0 Å². The molecule has 1 heterocycles. The molecule has 4 aromatic rings. The zero-order chi connectivity index (χ0) is 25.3. The number of hydroxylamine groups is 1. The molecule has 12 heteroatoms. The van der Waals surface area contributed by atoms with Crippen LogP contribution in [0, 0.1) is 0 Å². The lowest BCUT2D eigenvalue weighted by molar-refractivity contribution is -0.137. The predicted octanol–water partition coefficient (Wildman–Crippen LogP) is 6.82. The van der Waals surface area contributed by atoms with Crippen molar-refractivity contribution in [2.45, 2.75) is 6.18 Å². The highest BCUT2D eigenvalue weighted by Crippen LogP contribution is 2.37. The van der Waals surface area contributed by atoms with Crippen LogP contribution in [-0.2, 0) is 6.18 Å². The van der Waals surface area contributed by atoms with Gasteiger partial charge < -0.3 is 15.0 Å². The molecular weight excluding hydrogens is 489 g/mol. The number of carboxylic acid groups (broad SMARTS) is 1. The number of carbonyl (C=O) groups is 2. The van der Waals surface area contributed by atoms with Crippen LogP contribution in [0.4, 0.5) is 39.8 Å². The molecule has 35 heavy (non-hydrogen) atoms. The van der Waals surface area contributed by atoms with Gasteiger partial charge in [-0.1, -0.05) is 11.6 Å². The van der Waals surface area contributed by atoms with Crippen molar-refractivity contribution in [3.8, 4) is 5.69 Å². The molecule has 4 N–H and O–H groups in total. The van der Waals surface area contributed by atoms with Crippen LogP contribution in [0.1, 0.15) is 5.56 Å². The first-order valence-electron chi connectivity index (χ1n) is 9.91. The van der Waals surface area contributed by atoms with E-state index in [0.717, 1.165) is 28.7 Å². The zero-order valence-electron chi connectivity index (χ0n) is 17.5. The average molecular weight is 505 g/mol. The summed E-state index contributed by atoms with van der Waals surface area (Å²) < 4.78 is 41.0. The Morgan fingerprint density at radius 2 is 1.60 bits per heavy atom. The number of rotatable bonds is 4. The highest BCUT2D eigenvalue weighted by atomic mass is 35.5. The third-order valence-corrected chi connectivity index (χ3v) is 5.36. The van der Waals surface area contributed by atoms with Crippen LogP contribution in [-0.4, -0.2) is 27.0 Å². The number of halogens is 4. The first kappa shape index (κ1) is 23.9. The van der Waals surface area contributed by atoms with Gasteiger partial charge in [-0.2, -0.15) is 18.2 Å². The standard InChI is InChI=1S/C23H16ClF3N4O4/c24-19-7-6-17(12-18(19)23(25,26)27)31(35)21(32)28-14-1-4-16(5-2-14)30-10-9-13-11-15(29-22(33)34)3-8-20(13)30/h1-12,29,35H,(H,28,32)(H,33,34). The van der Waals surface area contributed by atoms with Crippen molar-refractivity contribution in [3.05, 3.63) is 83.5 Å². The molecule has 3 amide bonds. The van der Waals surface area contributed by atoms with Gasteiger partial charge in [-0.25, -0.2) is 9.59 Å². The van der Waals surface area contributed by atoms with Gasteiger partial charge in [-0.05, 0) is 66.7 Å². The maximum atomic E-state index is 13.0. The van der Waals surface area contributed by atoms with Crippen molar-refractivity contribution in [1.82, 2.24) is 4.57 Å². The van der Waals surface area contributed by atoms with Gasteiger partial charge in [-0.3, -0.25) is 10.5 Å². The fraction of sp³-hybridized carbons (Fsp3) is 0.0435. The van der Waals surface area contributed by atoms with Crippen LogP contribution in [0.5, 0.6) is 0 Å². The number of carbonyl (C=O) groups excluding carboxylic acids is 1. The Labute approximate surface area is 200 Å². The highest BCUT2D eigenvalue weighted by molar-refractivity contribution is 6.31. The van der Waals surface area contributed by atoms with Crippen molar-refractivity contribution in [3.63, 3.8) is 0 Å². The van der Waals surface area contributed by atoms with E-state index >= 15 is 0 Å². The van der Waals surface area contributed by atoms with E-state index < -0.39 is 34.6 Å². The number of hydrogen-bond acceptors (Lipinski definition) is 3. The summed E-state index contributed by atoms with van der Waals surface area (Å²) in [6, 6.07) is 14.9. The van der Waals surface area contributed by atoms with Crippen LogP contribution in [0.15, 0.2) is 72.9 Å². The summed E-state index contributed by atoms with van der Waals surface area (Å²) >= 11 is 5.57. The molecule has 0 unspecified atom stereocenters. The molecule has 0 aliphatic carbocycles. The number of amides is 3. The number of aromatic nitrogens is 1. The van der Waals surface area contributed by atoms with Crippen LogP contribution < -0.4 is 15.7 Å². The predicted molar refractivity (Wildman–Crippen MR) is 125 cm³/mol. The van der Waals surface area contributed by atoms with Crippen LogP contribution in [0.2, 0.25) is 5.02 Å². The number of alkyl halides is 3. The number of hydrogen-bond donors (Lipinski definition) is 4. The summed E-state index contributed by atoms with van der Waals surface area (Å²) in [5, 5.41) is 23.9. The Morgan fingerprint density at radius 1 is 0.914 bits per heavy atom. The SMILES string of the molecule is O=C(O)Nc1ccc2c(ccn2-c2ccc(NC(=O)N(O)c3ccc(Cl)c(C(F)(F)F)c3)cc2)c1. The van der Waals surface area contributed by atoms with Crippen LogP contribution in [0.25, 0.3) is 16.6 Å². The highest BCUT2D eigenvalue weighted by Gasteiger charge is 2.34. The minimum absolute atomic E-state index is 0.0572. The Morgan fingerprint density at radius 3 is 2.26 bits per heavy atom. The lowest BCUT2D eigenvalue weighted by Crippen LogP contribution is -2.32. The first-order chi connectivity index (χ1) is 16.5. The molecule has 8 nitrogen and oxygen atoms in total. The second-order valence-electron chi connectivity index (χ2n) is 7.34. The molecule has 3 aromatic carbocycles. The zero-order valence-corrected chi connectivity index (χ0v) is 18.3. The fourth-order valence-electron chi connectivity index (χ4n) is 3.43. The third-order valence-electron chi connectivity index (χ3n) is 5.03. The van der Waals surface area contributed by atoms with Gasteiger partial charge in [0.2, 0.25) is 0 Å². The Bertz CT molecular complexity index is 1420. The maximum absolute atomic E-state index is 13.0. The van der Waals surface area contributed by atoms with E-state index in [-0.39, 0.29) is 10.8 Å². The molecule has 0 aliphatic heterocycles. The number of nitrogens with one attached hydrogen (secondary N) is 2. The molecule has 4 rings (SSSR count). The van der Waals surface area contributed by atoms with Gasteiger partial charge >= 0.3 is 18.3 Å². The molecule has 1 aromatic heterocycles. The van der Waals surface area contributed by atoms with E-state index in [2.05, 4.69) is 10.6 Å². The summed E-state index contributed by atoms with van der Waals surface area (Å²) in [7, 11) is 0. The minimum Gasteiger partial charge on any atom is -0.465 e. The molecule has 0 aliphatic rings.